The first-order valence-electron chi connectivity index (χ1n) is 7.08. The van der Waals surface area contributed by atoms with Crippen molar-refractivity contribution in [1.29, 1.82) is 0 Å². The molecule has 110 valence electrons. The van der Waals surface area contributed by atoms with Crippen LogP contribution in [0.2, 0.25) is 5.02 Å². The summed E-state index contributed by atoms with van der Waals surface area (Å²) in [7, 11) is 3.75. The zero-order valence-electron chi connectivity index (χ0n) is 12.1. The number of carbonyl (C=O) groups excluding carboxylic acids is 2. The molecule has 4 nitrogen and oxygen atoms in total. The standard InChI is InChI=1S/C16H17ClN2O2/c1-18(2)14-9-10(7-8-13(14)17)19-15(20)11-5-3-4-6-12(11)16(19)21/h7-9H,3-6H2,1-2H3. The smallest absolute Gasteiger partial charge is 0.261 e. The fourth-order valence-corrected chi connectivity index (χ4v) is 3.24. The van der Waals surface area contributed by atoms with Crippen molar-refractivity contribution in [2.75, 3.05) is 23.9 Å². The Morgan fingerprint density at radius 3 is 2.14 bits per heavy atom. The van der Waals surface area contributed by atoms with Crippen LogP contribution < -0.4 is 9.80 Å². The minimum Gasteiger partial charge on any atom is -0.376 e. The summed E-state index contributed by atoms with van der Waals surface area (Å²) in [6.45, 7) is 0. The van der Waals surface area contributed by atoms with E-state index in [1.54, 1.807) is 18.2 Å². The summed E-state index contributed by atoms with van der Waals surface area (Å²) < 4.78 is 0. The number of carbonyl (C=O) groups is 2. The van der Waals surface area contributed by atoms with Crippen LogP contribution in [0.15, 0.2) is 29.3 Å². The molecular weight excluding hydrogens is 288 g/mol. The number of imide groups is 1. The fraction of sp³-hybridized carbons (Fsp3) is 0.375. The minimum absolute atomic E-state index is 0.165. The van der Waals surface area contributed by atoms with Crippen LogP contribution in [0, 0.1) is 0 Å². The van der Waals surface area contributed by atoms with Gasteiger partial charge in [-0.3, -0.25) is 9.59 Å². The van der Waals surface area contributed by atoms with E-state index in [1.165, 1.54) is 4.90 Å². The van der Waals surface area contributed by atoms with Crippen molar-refractivity contribution < 1.29 is 9.59 Å². The zero-order valence-corrected chi connectivity index (χ0v) is 12.9. The van der Waals surface area contributed by atoms with Crippen LogP contribution >= 0.6 is 11.6 Å². The molecule has 0 saturated carbocycles. The maximum Gasteiger partial charge on any atom is 0.261 e. The second-order valence-corrected chi connectivity index (χ2v) is 6.05. The van der Waals surface area contributed by atoms with Crippen LogP contribution in [0.4, 0.5) is 11.4 Å². The molecule has 0 saturated heterocycles. The molecule has 0 atom stereocenters. The molecule has 21 heavy (non-hydrogen) atoms. The third kappa shape index (κ3) is 2.23. The SMILES string of the molecule is CN(C)c1cc(N2C(=O)C3=C(CCCC3)C2=O)ccc1Cl. The Hall–Kier alpha value is -1.81. The van der Waals surface area contributed by atoms with Crippen LogP contribution in [0.5, 0.6) is 0 Å². The molecule has 1 aromatic carbocycles. The van der Waals surface area contributed by atoms with Gasteiger partial charge < -0.3 is 4.90 Å². The molecule has 0 aromatic heterocycles. The lowest BCUT2D eigenvalue weighted by Gasteiger charge is -2.20. The van der Waals surface area contributed by atoms with Crippen molar-refractivity contribution in [3.63, 3.8) is 0 Å². The molecule has 2 amide bonds. The van der Waals surface area contributed by atoms with E-state index < -0.39 is 0 Å². The van der Waals surface area contributed by atoms with Gasteiger partial charge in [-0.15, -0.1) is 0 Å². The first-order valence-corrected chi connectivity index (χ1v) is 7.46. The maximum absolute atomic E-state index is 12.5. The van der Waals surface area contributed by atoms with Crippen LogP contribution in [0.1, 0.15) is 25.7 Å². The highest BCUT2D eigenvalue weighted by molar-refractivity contribution is 6.35. The Morgan fingerprint density at radius 1 is 1.05 bits per heavy atom. The summed E-state index contributed by atoms with van der Waals surface area (Å²) in [5.41, 5.74) is 2.78. The molecule has 3 rings (SSSR count). The molecule has 1 heterocycles. The van der Waals surface area contributed by atoms with Gasteiger partial charge in [-0.05, 0) is 43.9 Å². The Bertz CT molecular complexity index is 636. The van der Waals surface area contributed by atoms with Gasteiger partial charge in [0.25, 0.3) is 11.8 Å². The first kappa shape index (κ1) is 14.1. The Balaban J connectivity index is 2.01. The predicted molar refractivity (Wildman–Crippen MR) is 83.8 cm³/mol. The van der Waals surface area contributed by atoms with Gasteiger partial charge in [-0.25, -0.2) is 4.90 Å². The molecule has 2 aliphatic rings. The highest BCUT2D eigenvalue weighted by Crippen LogP contribution is 2.37. The number of hydrogen-bond donors (Lipinski definition) is 0. The maximum atomic E-state index is 12.5. The van der Waals surface area contributed by atoms with E-state index in [4.69, 9.17) is 11.6 Å². The first-order chi connectivity index (χ1) is 10.0. The second kappa shape index (κ2) is 5.19. The van der Waals surface area contributed by atoms with Gasteiger partial charge in [0.1, 0.15) is 0 Å². The predicted octanol–water partition coefficient (Wildman–Crippen LogP) is 3.15. The zero-order chi connectivity index (χ0) is 15.1. The van der Waals surface area contributed by atoms with E-state index in [9.17, 15) is 9.59 Å². The number of rotatable bonds is 2. The van der Waals surface area contributed by atoms with Crippen LogP contribution in [0.25, 0.3) is 0 Å². The normalized spacial score (nSPS) is 18.3. The van der Waals surface area contributed by atoms with Gasteiger partial charge >= 0.3 is 0 Å². The highest BCUT2D eigenvalue weighted by Gasteiger charge is 2.39. The second-order valence-electron chi connectivity index (χ2n) is 5.64. The molecular formula is C16H17ClN2O2. The lowest BCUT2D eigenvalue weighted by atomic mass is 9.93. The third-order valence-corrected chi connectivity index (χ3v) is 4.38. The van der Waals surface area contributed by atoms with Gasteiger partial charge in [-0.1, -0.05) is 11.6 Å². The number of amides is 2. The number of hydrogen-bond acceptors (Lipinski definition) is 3. The van der Waals surface area contributed by atoms with E-state index in [1.807, 2.05) is 19.0 Å². The summed E-state index contributed by atoms with van der Waals surface area (Å²) in [5, 5.41) is 0.598. The largest absolute Gasteiger partial charge is 0.376 e. The average Bonchev–Trinajstić information content (AvgIpc) is 2.72. The molecule has 1 aliphatic heterocycles. The van der Waals surface area contributed by atoms with Gasteiger partial charge in [0.15, 0.2) is 0 Å². The van der Waals surface area contributed by atoms with Gasteiger partial charge in [0.2, 0.25) is 0 Å². The van der Waals surface area contributed by atoms with E-state index >= 15 is 0 Å². The van der Waals surface area contributed by atoms with E-state index in [-0.39, 0.29) is 11.8 Å². The molecule has 0 unspecified atom stereocenters. The minimum atomic E-state index is -0.165. The quantitative estimate of drug-likeness (QED) is 0.788. The summed E-state index contributed by atoms with van der Waals surface area (Å²) in [6, 6.07) is 5.24. The molecule has 0 bridgehead atoms. The molecule has 5 heteroatoms. The van der Waals surface area contributed by atoms with E-state index in [0.29, 0.717) is 34.7 Å². The summed E-state index contributed by atoms with van der Waals surface area (Å²) in [6.07, 6.45) is 3.39. The third-order valence-electron chi connectivity index (χ3n) is 4.06. The van der Waals surface area contributed by atoms with Crippen molar-refractivity contribution in [2.45, 2.75) is 25.7 Å². The lowest BCUT2D eigenvalue weighted by molar-refractivity contribution is -0.120. The van der Waals surface area contributed by atoms with Crippen LogP contribution in [-0.4, -0.2) is 25.9 Å². The molecule has 1 aromatic rings. The van der Waals surface area contributed by atoms with Crippen LogP contribution in [0.3, 0.4) is 0 Å². The molecule has 0 fully saturated rings. The number of anilines is 2. The van der Waals surface area contributed by atoms with Crippen molar-refractivity contribution in [3.05, 3.63) is 34.4 Å². The van der Waals surface area contributed by atoms with Gasteiger partial charge in [0.05, 0.1) is 16.4 Å². The average molecular weight is 305 g/mol. The summed E-state index contributed by atoms with van der Waals surface area (Å²) in [5.74, 6) is -0.330. The summed E-state index contributed by atoms with van der Waals surface area (Å²) in [4.78, 5) is 28.2. The highest BCUT2D eigenvalue weighted by atomic mass is 35.5. The fourth-order valence-electron chi connectivity index (χ4n) is 2.96. The van der Waals surface area contributed by atoms with Crippen LogP contribution in [-0.2, 0) is 9.59 Å². The van der Waals surface area contributed by atoms with Crippen molar-refractivity contribution >= 4 is 34.8 Å². The van der Waals surface area contributed by atoms with E-state index in [2.05, 4.69) is 0 Å². The monoisotopic (exact) mass is 304 g/mol. The number of nitrogens with zero attached hydrogens (tertiary/aromatic N) is 2. The number of halogens is 1. The Kier molecular flexibility index (Phi) is 3.49. The topological polar surface area (TPSA) is 40.6 Å². The Labute approximate surface area is 129 Å². The summed E-state index contributed by atoms with van der Waals surface area (Å²) >= 11 is 6.15. The molecule has 0 radical (unpaired) electrons. The Morgan fingerprint density at radius 2 is 1.62 bits per heavy atom. The van der Waals surface area contributed by atoms with Gasteiger partial charge in [0, 0.05) is 25.2 Å². The van der Waals surface area contributed by atoms with Crippen molar-refractivity contribution in [2.24, 2.45) is 0 Å². The number of benzene rings is 1. The van der Waals surface area contributed by atoms with Crippen molar-refractivity contribution in [3.8, 4) is 0 Å². The molecule has 0 N–H and O–H groups in total. The molecule has 0 spiro atoms. The van der Waals surface area contributed by atoms with E-state index in [0.717, 1.165) is 18.5 Å². The molecule has 1 aliphatic carbocycles. The van der Waals surface area contributed by atoms with Crippen molar-refractivity contribution in [1.82, 2.24) is 0 Å². The van der Waals surface area contributed by atoms with Gasteiger partial charge in [-0.2, -0.15) is 0 Å². The lowest BCUT2D eigenvalue weighted by Crippen LogP contribution is -2.31.